The smallest absolute Gasteiger partial charge is 0.387 e. The number of hydrazine groups is 1. The molecule has 2 heterocycles. The van der Waals surface area contributed by atoms with Crippen molar-refractivity contribution in [2.45, 2.75) is 19.1 Å². The van der Waals surface area contributed by atoms with Gasteiger partial charge in [-0.05, 0) is 37.3 Å². The maximum Gasteiger partial charge on any atom is 0.387 e. The zero-order valence-electron chi connectivity index (χ0n) is 14.7. The molecule has 0 bridgehead atoms. The van der Waals surface area contributed by atoms with Crippen molar-refractivity contribution in [1.29, 1.82) is 0 Å². The van der Waals surface area contributed by atoms with Crippen LogP contribution in [-0.4, -0.2) is 36.6 Å². The van der Waals surface area contributed by atoms with Crippen molar-refractivity contribution in [1.82, 2.24) is 15.8 Å². The second-order valence-electron chi connectivity index (χ2n) is 5.86. The van der Waals surface area contributed by atoms with E-state index in [0.29, 0.717) is 5.01 Å². The number of halogens is 2. The van der Waals surface area contributed by atoms with Crippen LogP contribution in [0.4, 0.5) is 13.6 Å². The van der Waals surface area contributed by atoms with E-state index >= 15 is 0 Å². The molecule has 0 radical (unpaired) electrons. The van der Waals surface area contributed by atoms with Crippen LogP contribution in [0.25, 0.3) is 0 Å². The molecule has 1 aromatic carbocycles. The summed E-state index contributed by atoms with van der Waals surface area (Å²) in [7, 11) is 1.21. The maximum absolute atomic E-state index is 12.6. The summed E-state index contributed by atoms with van der Waals surface area (Å²) < 4.78 is 39.2. The first-order chi connectivity index (χ1) is 13.3. The summed E-state index contributed by atoms with van der Waals surface area (Å²) in [6.45, 7) is -1.64. The topological polar surface area (TPSA) is 110 Å². The van der Waals surface area contributed by atoms with Crippen molar-refractivity contribution in [2.24, 2.45) is 0 Å². The van der Waals surface area contributed by atoms with Gasteiger partial charge < -0.3 is 19.2 Å². The Kier molecular flexibility index (Phi) is 4.91. The monoisotopic (exact) mass is 395 g/mol. The van der Waals surface area contributed by atoms with Crippen molar-refractivity contribution < 1.29 is 37.1 Å². The number of amides is 4. The average Bonchev–Trinajstić information content (AvgIpc) is 3.26. The number of nitrogens with zero attached hydrogens (tertiary/aromatic N) is 1. The Morgan fingerprint density at radius 2 is 2.04 bits per heavy atom. The molecule has 0 spiro atoms. The predicted molar refractivity (Wildman–Crippen MR) is 88.5 cm³/mol. The fourth-order valence-corrected chi connectivity index (χ4v) is 2.64. The molecule has 0 saturated carbocycles. The summed E-state index contributed by atoms with van der Waals surface area (Å²) in [5, 5.41) is 2.96. The number of hydrogen-bond donors (Lipinski definition) is 2. The van der Waals surface area contributed by atoms with Crippen molar-refractivity contribution in [3.05, 3.63) is 47.9 Å². The minimum Gasteiger partial charge on any atom is -0.493 e. The fourth-order valence-electron chi connectivity index (χ4n) is 2.64. The van der Waals surface area contributed by atoms with Crippen molar-refractivity contribution in [3.8, 4) is 11.5 Å². The van der Waals surface area contributed by atoms with E-state index in [2.05, 4.69) is 15.5 Å². The van der Waals surface area contributed by atoms with Gasteiger partial charge in [0.15, 0.2) is 17.0 Å². The molecule has 1 atom stereocenters. The third-order valence-corrected chi connectivity index (χ3v) is 4.06. The van der Waals surface area contributed by atoms with E-state index in [9.17, 15) is 23.2 Å². The van der Waals surface area contributed by atoms with Gasteiger partial charge in [0.2, 0.25) is 0 Å². The molecule has 1 aliphatic rings. The molecule has 0 unspecified atom stereocenters. The number of ether oxygens (including phenoxy) is 2. The number of urea groups is 1. The number of benzene rings is 1. The summed E-state index contributed by atoms with van der Waals surface area (Å²) in [5.74, 6) is -1.79. The summed E-state index contributed by atoms with van der Waals surface area (Å²) in [5.41, 5.74) is 0.634. The molecule has 4 amide bonds. The van der Waals surface area contributed by atoms with E-state index < -0.39 is 30.0 Å². The lowest BCUT2D eigenvalue weighted by atomic mass is 10.00. The van der Waals surface area contributed by atoms with Crippen LogP contribution in [0.15, 0.2) is 41.0 Å². The Bertz CT molecular complexity index is 918. The third kappa shape index (κ3) is 3.33. The molecule has 28 heavy (non-hydrogen) atoms. The molecule has 2 aromatic rings. The largest absolute Gasteiger partial charge is 0.493 e. The molecule has 3 rings (SSSR count). The number of rotatable bonds is 6. The lowest BCUT2D eigenvalue weighted by Gasteiger charge is -2.19. The Hall–Kier alpha value is -3.63. The second kappa shape index (κ2) is 7.18. The first-order valence-corrected chi connectivity index (χ1v) is 7.91. The Morgan fingerprint density at radius 1 is 1.29 bits per heavy atom. The molecule has 1 saturated heterocycles. The number of alkyl halides is 2. The van der Waals surface area contributed by atoms with Gasteiger partial charge in [-0.15, -0.1) is 0 Å². The van der Waals surface area contributed by atoms with Crippen molar-refractivity contribution >= 4 is 17.8 Å². The van der Waals surface area contributed by atoms with Crippen molar-refractivity contribution in [3.63, 3.8) is 0 Å². The lowest BCUT2D eigenvalue weighted by Crippen LogP contribution is -2.47. The van der Waals surface area contributed by atoms with Crippen LogP contribution in [-0.2, 0) is 10.3 Å². The maximum atomic E-state index is 12.6. The van der Waals surface area contributed by atoms with Gasteiger partial charge in [0.1, 0.15) is 5.76 Å². The molecule has 1 fully saturated rings. The number of carbonyl (C=O) groups is 3. The van der Waals surface area contributed by atoms with Gasteiger partial charge in [0.05, 0.1) is 13.4 Å². The first-order valence-electron chi connectivity index (χ1n) is 7.91. The van der Waals surface area contributed by atoms with Crippen LogP contribution < -0.4 is 20.2 Å². The molecule has 2 N–H and O–H groups in total. The van der Waals surface area contributed by atoms with E-state index in [4.69, 9.17) is 9.15 Å². The lowest BCUT2D eigenvalue weighted by molar-refractivity contribution is -0.133. The quantitative estimate of drug-likeness (QED) is 0.724. The van der Waals surface area contributed by atoms with Gasteiger partial charge in [-0.2, -0.15) is 13.8 Å². The molecule has 0 aliphatic carbocycles. The minimum absolute atomic E-state index is 0.0503. The van der Waals surface area contributed by atoms with Crippen LogP contribution in [0.5, 0.6) is 11.5 Å². The van der Waals surface area contributed by atoms with E-state index in [1.54, 1.807) is 6.07 Å². The molecular formula is C17H15F2N3O6. The average molecular weight is 395 g/mol. The van der Waals surface area contributed by atoms with Crippen LogP contribution in [0.2, 0.25) is 0 Å². The van der Waals surface area contributed by atoms with Gasteiger partial charge in [0.25, 0.3) is 11.8 Å². The highest BCUT2D eigenvalue weighted by Gasteiger charge is 2.52. The molecule has 148 valence electrons. The molecule has 11 heteroatoms. The van der Waals surface area contributed by atoms with Crippen molar-refractivity contribution in [2.75, 3.05) is 7.11 Å². The standard InChI is InChI=1S/C17H15F2N3O6/c1-17(12-4-3-7-27-12)14(24)22(16(25)20-17)21-13(23)9-5-6-10(28-15(18)19)11(8-9)26-2/h3-8,15H,1-2H3,(H,20,25)(H,21,23)/t17-/m1/s1. The van der Waals surface area contributed by atoms with Crippen LogP contribution in [0.1, 0.15) is 23.0 Å². The zero-order valence-corrected chi connectivity index (χ0v) is 14.7. The number of methoxy groups -OCH3 is 1. The SMILES string of the molecule is COc1cc(C(=O)NN2C(=O)N[C@](C)(c3ccco3)C2=O)ccc1OC(F)F. The molecule has 1 aliphatic heterocycles. The minimum atomic E-state index is -3.07. The highest BCUT2D eigenvalue weighted by molar-refractivity contribution is 6.09. The van der Waals surface area contributed by atoms with Gasteiger partial charge in [-0.25, -0.2) is 4.79 Å². The number of carbonyl (C=O) groups excluding carboxylic acids is 3. The number of hydrogen-bond acceptors (Lipinski definition) is 6. The molecule has 9 nitrogen and oxygen atoms in total. The predicted octanol–water partition coefficient (Wildman–Crippen LogP) is 2.00. The van der Waals surface area contributed by atoms with Crippen LogP contribution in [0.3, 0.4) is 0 Å². The number of imide groups is 1. The highest BCUT2D eigenvalue weighted by atomic mass is 19.3. The highest BCUT2D eigenvalue weighted by Crippen LogP contribution is 2.30. The normalized spacial score (nSPS) is 19.0. The van der Waals surface area contributed by atoms with E-state index in [-0.39, 0.29) is 22.8 Å². The Balaban J connectivity index is 1.79. The second-order valence-corrected chi connectivity index (χ2v) is 5.86. The number of furan rings is 1. The summed E-state index contributed by atoms with van der Waals surface area (Å²) in [4.78, 5) is 37.2. The van der Waals surface area contributed by atoms with E-state index in [1.807, 2.05) is 0 Å². The Morgan fingerprint density at radius 3 is 2.64 bits per heavy atom. The van der Waals surface area contributed by atoms with Gasteiger partial charge >= 0.3 is 12.6 Å². The summed E-state index contributed by atoms with van der Waals surface area (Å²) in [6.07, 6.45) is 1.34. The van der Waals surface area contributed by atoms with Gasteiger partial charge in [0, 0.05) is 5.56 Å². The van der Waals surface area contributed by atoms with Gasteiger partial charge in [-0.3, -0.25) is 15.0 Å². The molecular weight excluding hydrogens is 380 g/mol. The van der Waals surface area contributed by atoms with Crippen LogP contribution in [0, 0.1) is 0 Å². The van der Waals surface area contributed by atoms with Crippen LogP contribution >= 0.6 is 0 Å². The number of nitrogens with one attached hydrogen (secondary N) is 2. The Labute approximate surface area is 157 Å². The summed E-state index contributed by atoms with van der Waals surface area (Å²) >= 11 is 0. The molecule has 1 aromatic heterocycles. The first kappa shape index (κ1) is 19.1. The van der Waals surface area contributed by atoms with E-state index in [1.165, 1.54) is 32.4 Å². The zero-order chi connectivity index (χ0) is 20.5. The fraction of sp³-hybridized carbons (Fsp3) is 0.235. The van der Waals surface area contributed by atoms with E-state index in [0.717, 1.165) is 12.1 Å². The van der Waals surface area contributed by atoms with Gasteiger partial charge in [-0.1, -0.05) is 0 Å². The third-order valence-electron chi connectivity index (χ3n) is 4.06. The summed E-state index contributed by atoms with van der Waals surface area (Å²) in [6, 6.07) is 5.63.